The maximum absolute atomic E-state index is 5.56. The van der Waals surface area contributed by atoms with Gasteiger partial charge in [-0.2, -0.15) is 0 Å². The molecule has 98 valence electrons. The van der Waals surface area contributed by atoms with Crippen LogP contribution < -0.4 is 4.74 Å². The van der Waals surface area contributed by atoms with E-state index in [0.717, 1.165) is 18.8 Å². The molecule has 2 rings (SSSR count). The number of hydrogen-bond acceptors (Lipinski definition) is 2. The topological polar surface area (TPSA) is 12.5 Å². The third-order valence-electron chi connectivity index (χ3n) is 3.46. The smallest absolute Gasteiger partial charge is 0.219 e. The minimum atomic E-state index is 0.222. The molecule has 2 radical (unpaired) electrons. The maximum Gasteiger partial charge on any atom is 0.219 e. The first-order valence-electron chi connectivity index (χ1n) is 7.12. The summed E-state index contributed by atoms with van der Waals surface area (Å²) in [6, 6.07) is 8.51. The normalized spacial score (nSPS) is 17.8. The molecular formula is C16H23NO. The maximum atomic E-state index is 5.56. The predicted molar refractivity (Wildman–Crippen MR) is 74.4 cm³/mol. The quantitative estimate of drug-likeness (QED) is 0.718. The number of nitrogens with zero attached hydrogens (tertiary/aromatic N) is 1. The summed E-state index contributed by atoms with van der Waals surface area (Å²) < 4.78 is 5.56. The number of benzene rings is 1. The monoisotopic (exact) mass is 245 g/mol. The van der Waals surface area contributed by atoms with Crippen LogP contribution in [-0.4, -0.2) is 18.0 Å². The Bertz CT molecular complexity index is 356. The van der Waals surface area contributed by atoms with Gasteiger partial charge in [-0.1, -0.05) is 44.9 Å². The van der Waals surface area contributed by atoms with Crippen LogP contribution in [0.15, 0.2) is 24.3 Å². The van der Waals surface area contributed by atoms with Crippen LogP contribution in [0, 0.1) is 6.61 Å². The second kappa shape index (κ2) is 6.79. The molecule has 1 atom stereocenters. The van der Waals surface area contributed by atoms with Crippen molar-refractivity contribution in [3.05, 3.63) is 36.4 Å². The van der Waals surface area contributed by atoms with Crippen LogP contribution in [0.4, 0.5) is 0 Å². The van der Waals surface area contributed by atoms with Gasteiger partial charge in [0.25, 0.3) is 0 Å². The van der Waals surface area contributed by atoms with Gasteiger partial charge in [0.05, 0.1) is 6.04 Å². The van der Waals surface area contributed by atoms with Crippen LogP contribution in [-0.2, 0) is 0 Å². The first-order valence-corrected chi connectivity index (χ1v) is 7.12. The van der Waals surface area contributed by atoms with Gasteiger partial charge < -0.3 is 4.74 Å². The summed E-state index contributed by atoms with van der Waals surface area (Å²) in [5.41, 5.74) is 1.27. The summed E-state index contributed by atoms with van der Waals surface area (Å²) in [7, 11) is 0. The van der Waals surface area contributed by atoms with Gasteiger partial charge in [0.15, 0.2) is 0 Å². The van der Waals surface area contributed by atoms with Gasteiger partial charge in [0.1, 0.15) is 5.75 Å². The highest BCUT2D eigenvalue weighted by Gasteiger charge is 2.30. The van der Waals surface area contributed by atoms with Crippen molar-refractivity contribution in [2.45, 2.75) is 45.6 Å². The first-order chi connectivity index (χ1) is 8.86. The molecule has 2 nitrogen and oxygen atoms in total. The summed E-state index contributed by atoms with van der Waals surface area (Å²) in [5, 5.41) is 0. The van der Waals surface area contributed by atoms with E-state index in [1.54, 1.807) is 0 Å². The summed E-state index contributed by atoms with van der Waals surface area (Å²) in [5.74, 6) is 0.973. The van der Waals surface area contributed by atoms with E-state index in [4.69, 9.17) is 4.74 Å². The van der Waals surface area contributed by atoms with E-state index in [1.807, 2.05) is 12.1 Å². The highest BCUT2D eigenvalue weighted by atomic mass is 16.5. The lowest BCUT2D eigenvalue weighted by Gasteiger charge is -2.27. The number of fused-ring (bicyclic) bond motifs is 1. The fourth-order valence-electron chi connectivity index (χ4n) is 2.35. The van der Waals surface area contributed by atoms with Crippen LogP contribution in [0.25, 0.3) is 0 Å². The van der Waals surface area contributed by atoms with E-state index in [1.165, 1.54) is 31.2 Å². The molecule has 0 aliphatic carbocycles. The predicted octanol–water partition coefficient (Wildman–Crippen LogP) is 4.06. The van der Waals surface area contributed by atoms with Crippen molar-refractivity contribution in [2.75, 3.05) is 13.1 Å². The molecule has 1 aromatic rings. The van der Waals surface area contributed by atoms with Crippen LogP contribution in [0.2, 0.25) is 0 Å². The zero-order valence-corrected chi connectivity index (χ0v) is 11.5. The molecule has 0 saturated carbocycles. The van der Waals surface area contributed by atoms with E-state index in [9.17, 15) is 0 Å². The summed E-state index contributed by atoms with van der Waals surface area (Å²) >= 11 is 0. The second-order valence-corrected chi connectivity index (χ2v) is 4.90. The second-order valence-electron chi connectivity index (χ2n) is 4.90. The Hall–Kier alpha value is -1.02. The lowest BCUT2D eigenvalue weighted by Crippen LogP contribution is -2.30. The number of unbranched alkanes of at least 4 members (excludes halogenated alkanes) is 2. The largest absolute Gasteiger partial charge is 0.476 e. The van der Waals surface area contributed by atoms with Crippen LogP contribution in [0.3, 0.4) is 0 Å². The van der Waals surface area contributed by atoms with E-state index in [2.05, 4.69) is 37.5 Å². The molecule has 0 bridgehead atoms. The molecule has 18 heavy (non-hydrogen) atoms. The molecule has 0 N–H and O–H groups in total. The molecule has 0 saturated heterocycles. The van der Waals surface area contributed by atoms with Crippen molar-refractivity contribution >= 4 is 0 Å². The average molecular weight is 245 g/mol. The standard InChI is InChI=1S/C16H23NO/c1-3-5-11-17(12-6-4-2)15-13-18-16-10-8-7-9-14(15)16/h7-10,15H,3-6,11-12H2,1-2H3. The van der Waals surface area contributed by atoms with Crippen molar-refractivity contribution in [1.29, 1.82) is 0 Å². The molecule has 1 aliphatic rings. The van der Waals surface area contributed by atoms with Gasteiger partial charge in [-0.3, -0.25) is 4.90 Å². The molecule has 0 fully saturated rings. The molecule has 1 heterocycles. The van der Waals surface area contributed by atoms with Gasteiger partial charge >= 0.3 is 0 Å². The minimum Gasteiger partial charge on any atom is -0.476 e. The SMILES string of the molecule is CCCCN(CCCC)C1[C]Oc2ccccc21. The number of para-hydroxylation sites is 1. The highest BCUT2D eigenvalue weighted by Crippen LogP contribution is 2.38. The molecular weight excluding hydrogens is 222 g/mol. The van der Waals surface area contributed by atoms with Gasteiger partial charge in [0, 0.05) is 5.56 Å². The Morgan fingerprint density at radius 3 is 2.44 bits per heavy atom. The number of rotatable bonds is 7. The third kappa shape index (κ3) is 3.05. The molecule has 0 aromatic heterocycles. The van der Waals surface area contributed by atoms with E-state index >= 15 is 0 Å². The molecule has 0 amide bonds. The lowest BCUT2D eigenvalue weighted by molar-refractivity contribution is 0.193. The van der Waals surface area contributed by atoms with E-state index < -0.39 is 0 Å². The number of hydrogen-bond donors (Lipinski definition) is 0. The zero-order chi connectivity index (χ0) is 12.8. The molecule has 1 unspecified atom stereocenters. The molecule has 1 aromatic carbocycles. The third-order valence-corrected chi connectivity index (χ3v) is 3.46. The van der Waals surface area contributed by atoms with Gasteiger partial charge in [-0.05, 0) is 32.0 Å². The summed E-state index contributed by atoms with van der Waals surface area (Å²) in [4.78, 5) is 2.50. The Morgan fingerprint density at radius 2 is 1.78 bits per heavy atom. The minimum absolute atomic E-state index is 0.222. The zero-order valence-electron chi connectivity index (χ0n) is 11.5. The first kappa shape index (κ1) is 13.4. The Morgan fingerprint density at radius 1 is 1.11 bits per heavy atom. The van der Waals surface area contributed by atoms with Crippen LogP contribution >= 0.6 is 0 Å². The number of ether oxygens (including phenoxy) is 1. The van der Waals surface area contributed by atoms with Gasteiger partial charge in [-0.25, -0.2) is 0 Å². The fourth-order valence-corrected chi connectivity index (χ4v) is 2.35. The van der Waals surface area contributed by atoms with E-state index in [0.29, 0.717) is 0 Å². The average Bonchev–Trinajstić information content (AvgIpc) is 2.83. The van der Waals surface area contributed by atoms with Crippen LogP contribution in [0.1, 0.15) is 51.1 Å². The van der Waals surface area contributed by atoms with Crippen molar-refractivity contribution in [2.24, 2.45) is 0 Å². The lowest BCUT2D eigenvalue weighted by atomic mass is 10.1. The van der Waals surface area contributed by atoms with E-state index in [-0.39, 0.29) is 6.04 Å². The van der Waals surface area contributed by atoms with Crippen LogP contribution in [0.5, 0.6) is 5.75 Å². The molecule has 2 heteroatoms. The fraction of sp³-hybridized carbons (Fsp3) is 0.562. The van der Waals surface area contributed by atoms with Crippen molar-refractivity contribution in [3.8, 4) is 5.75 Å². The van der Waals surface area contributed by atoms with Gasteiger partial charge in [0.2, 0.25) is 6.61 Å². The summed E-state index contributed by atoms with van der Waals surface area (Å²) in [6.45, 7) is 9.91. The Labute approximate surface area is 111 Å². The Balaban J connectivity index is 2.06. The van der Waals surface area contributed by atoms with Crippen molar-refractivity contribution < 1.29 is 4.74 Å². The Kier molecular flexibility index (Phi) is 5.06. The van der Waals surface area contributed by atoms with Crippen molar-refractivity contribution in [1.82, 2.24) is 4.90 Å². The summed E-state index contributed by atoms with van der Waals surface area (Å²) in [6.07, 6.45) is 4.95. The highest BCUT2D eigenvalue weighted by molar-refractivity contribution is 5.41. The van der Waals surface area contributed by atoms with Gasteiger partial charge in [-0.15, -0.1) is 0 Å². The van der Waals surface area contributed by atoms with Crippen molar-refractivity contribution in [3.63, 3.8) is 0 Å². The molecule has 0 spiro atoms. The molecule has 1 aliphatic heterocycles.